The van der Waals surface area contributed by atoms with Gasteiger partial charge < -0.3 is 11.1 Å². The Balaban J connectivity index is 2.64. The molecule has 0 saturated heterocycles. The van der Waals surface area contributed by atoms with Gasteiger partial charge in [0.25, 0.3) is 5.56 Å². The molecule has 1 unspecified atom stereocenters. The van der Waals surface area contributed by atoms with Crippen molar-refractivity contribution in [2.24, 2.45) is 0 Å². The molecule has 0 aliphatic carbocycles. The van der Waals surface area contributed by atoms with Gasteiger partial charge in [0.15, 0.2) is 0 Å². The lowest BCUT2D eigenvalue weighted by Crippen LogP contribution is -2.30. The molecule has 1 aromatic rings. The fraction of sp³-hybridized carbons (Fsp3) is 0.375. The predicted octanol–water partition coefficient (Wildman–Crippen LogP) is -0.202. The fourth-order valence-electron chi connectivity index (χ4n) is 1.62. The quantitative estimate of drug-likeness (QED) is 0.532. The number of rotatable bonds is 0. The number of fused-ring (bicyclic) bond motifs is 1. The van der Waals surface area contributed by atoms with Crippen LogP contribution in [0.4, 0.5) is 11.8 Å². The monoisotopic (exact) mass is 194 g/mol. The van der Waals surface area contributed by atoms with E-state index in [0.717, 1.165) is 0 Å². The average molecular weight is 194 g/mol. The Bertz CT molecular complexity index is 451. The Morgan fingerprint density at radius 2 is 2.21 bits per heavy atom. The van der Waals surface area contributed by atoms with Crippen LogP contribution >= 0.6 is 0 Å². The molecule has 74 valence electrons. The highest BCUT2D eigenvalue weighted by Crippen LogP contribution is 2.26. The molecule has 0 aromatic carbocycles. The maximum atomic E-state index is 11.5. The first-order valence-electron chi connectivity index (χ1n) is 4.27. The number of amides is 1. The van der Waals surface area contributed by atoms with Crippen molar-refractivity contribution in [3.8, 4) is 0 Å². The van der Waals surface area contributed by atoms with Gasteiger partial charge in [0.2, 0.25) is 11.9 Å². The Hall–Kier alpha value is -1.85. The molecule has 4 N–H and O–H groups in total. The van der Waals surface area contributed by atoms with Gasteiger partial charge >= 0.3 is 0 Å². The number of nitrogens with one attached hydrogen (secondary N) is 2. The van der Waals surface area contributed by atoms with Crippen LogP contribution in [0.3, 0.4) is 0 Å². The third-order valence-electron chi connectivity index (χ3n) is 2.22. The zero-order valence-electron chi connectivity index (χ0n) is 7.63. The van der Waals surface area contributed by atoms with E-state index >= 15 is 0 Å². The zero-order valence-corrected chi connectivity index (χ0v) is 7.63. The lowest BCUT2D eigenvalue weighted by Gasteiger charge is -2.20. The van der Waals surface area contributed by atoms with Crippen molar-refractivity contribution >= 4 is 17.7 Å². The highest BCUT2D eigenvalue weighted by atomic mass is 16.2. The van der Waals surface area contributed by atoms with Crippen LogP contribution in [-0.4, -0.2) is 15.9 Å². The first kappa shape index (κ1) is 8.74. The number of H-pyrrole nitrogens is 1. The van der Waals surface area contributed by atoms with E-state index in [2.05, 4.69) is 15.3 Å². The second-order valence-corrected chi connectivity index (χ2v) is 3.37. The molecule has 1 aromatic heterocycles. The topological polar surface area (TPSA) is 101 Å². The highest BCUT2D eigenvalue weighted by molar-refractivity contribution is 5.93. The molecule has 1 aliphatic rings. The summed E-state index contributed by atoms with van der Waals surface area (Å²) in [7, 11) is 0. The van der Waals surface area contributed by atoms with Gasteiger partial charge in [-0.1, -0.05) is 6.92 Å². The molecule has 14 heavy (non-hydrogen) atoms. The summed E-state index contributed by atoms with van der Waals surface area (Å²) in [6.45, 7) is 1.81. The summed E-state index contributed by atoms with van der Waals surface area (Å²) < 4.78 is 0. The summed E-state index contributed by atoms with van der Waals surface area (Å²) in [5.74, 6) is 0.0521. The van der Waals surface area contributed by atoms with Crippen molar-refractivity contribution in [3.05, 3.63) is 15.9 Å². The number of anilines is 2. The number of carbonyl (C=O) groups is 1. The summed E-state index contributed by atoms with van der Waals surface area (Å²) >= 11 is 0. The Kier molecular flexibility index (Phi) is 1.77. The third-order valence-corrected chi connectivity index (χ3v) is 2.22. The van der Waals surface area contributed by atoms with Gasteiger partial charge in [-0.25, -0.2) is 0 Å². The normalized spacial score (nSPS) is 20.1. The van der Waals surface area contributed by atoms with Crippen LogP contribution in [0.2, 0.25) is 0 Å². The van der Waals surface area contributed by atoms with Crippen LogP contribution in [0.25, 0.3) is 0 Å². The number of nitrogens with zero attached hydrogens (tertiary/aromatic N) is 1. The lowest BCUT2D eigenvalue weighted by atomic mass is 9.96. The van der Waals surface area contributed by atoms with Crippen molar-refractivity contribution in [1.29, 1.82) is 0 Å². The number of hydrogen-bond acceptors (Lipinski definition) is 4. The van der Waals surface area contributed by atoms with Gasteiger partial charge in [0, 0.05) is 6.42 Å². The van der Waals surface area contributed by atoms with E-state index in [0.29, 0.717) is 12.0 Å². The molecule has 0 bridgehead atoms. The second-order valence-electron chi connectivity index (χ2n) is 3.37. The Labute approximate surface area is 79.5 Å². The summed E-state index contributed by atoms with van der Waals surface area (Å²) in [6, 6.07) is 0. The molecule has 6 nitrogen and oxygen atoms in total. The molecule has 1 atom stereocenters. The van der Waals surface area contributed by atoms with Crippen LogP contribution in [0.1, 0.15) is 24.8 Å². The van der Waals surface area contributed by atoms with Gasteiger partial charge in [-0.2, -0.15) is 4.98 Å². The molecular weight excluding hydrogens is 184 g/mol. The predicted molar refractivity (Wildman–Crippen MR) is 50.9 cm³/mol. The van der Waals surface area contributed by atoms with Gasteiger partial charge in [-0.3, -0.25) is 14.6 Å². The van der Waals surface area contributed by atoms with Crippen molar-refractivity contribution in [2.75, 3.05) is 11.1 Å². The summed E-state index contributed by atoms with van der Waals surface area (Å²) in [5, 5.41) is 2.52. The molecule has 6 heteroatoms. The van der Waals surface area contributed by atoms with Crippen LogP contribution < -0.4 is 16.6 Å². The second kappa shape index (κ2) is 2.83. The van der Waals surface area contributed by atoms with E-state index in [9.17, 15) is 9.59 Å². The van der Waals surface area contributed by atoms with Crippen molar-refractivity contribution in [3.63, 3.8) is 0 Å². The van der Waals surface area contributed by atoms with Crippen LogP contribution in [-0.2, 0) is 4.79 Å². The first-order chi connectivity index (χ1) is 6.58. The minimum atomic E-state index is -0.278. The Morgan fingerprint density at radius 3 is 2.93 bits per heavy atom. The van der Waals surface area contributed by atoms with E-state index in [1.165, 1.54) is 0 Å². The van der Waals surface area contributed by atoms with Crippen LogP contribution in [0.15, 0.2) is 4.79 Å². The van der Waals surface area contributed by atoms with Crippen LogP contribution in [0.5, 0.6) is 0 Å². The highest BCUT2D eigenvalue weighted by Gasteiger charge is 2.25. The minimum Gasteiger partial charge on any atom is -0.369 e. The van der Waals surface area contributed by atoms with E-state index < -0.39 is 0 Å². The fourth-order valence-corrected chi connectivity index (χ4v) is 1.62. The van der Waals surface area contributed by atoms with Crippen LogP contribution in [0, 0.1) is 0 Å². The molecule has 0 spiro atoms. The number of aromatic amines is 1. The van der Waals surface area contributed by atoms with E-state index in [1.807, 2.05) is 6.92 Å². The molecule has 1 aliphatic heterocycles. The third kappa shape index (κ3) is 1.24. The molecule has 0 radical (unpaired) electrons. The van der Waals surface area contributed by atoms with Gasteiger partial charge in [0.1, 0.15) is 5.82 Å². The summed E-state index contributed by atoms with van der Waals surface area (Å²) in [4.78, 5) is 28.9. The summed E-state index contributed by atoms with van der Waals surface area (Å²) in [5.41, 5.74) is 5.58. The largest absolute Gasteiger partial charge is 0.369 e. The number of nitrogen functional groups attached to an aromatic ring is 1. The van der Waals surface area contributed by atoms with Gasteiger partial charge in [-0.05, 0) is 5.92 Å². The molecule has 0 saturated carbocycles. The van der Waals surface area contributed by atoms with E-state index in [1.54, 1.807) is 0 Å². The smallest absolute Gasteiger partial charge is 0.257 e. The number of hydrogen-bond donors (Lipinski definition) is 3. The number of aromatic nitrogens is 2. The summed E-state index contributed by atoms with van der Waals surface area (Å²) in [6.07, 6.45) is 0.307. The van der Waals surface area contributed by atoms with E-state index in [-0.39, 0.29) is 29.2 Å². The molecule has 2 heterocycles. The van der Waals surface area contributed by atoms with Crippen molar-refractivity contribution in [2.45, 2.75) is 19.3 Å². The standard InChI is InChI=1S/C8H10N4O2/c1-3-2-4(13)10-6-5(3)7(14)12-8(9)11-6/h3H,2H2,1H3,(H4,9,10,11,12,13,14). The minimum absolute atomic E-state index is 0.0168. The van der Waals surface area contributed by atoms with Crippen molar-refractivity contribution in [1.82, 2.24) is 9.97 Å². The maximum absolute atomic E-state index is 11.5. The number of carbonyl (C=O) groups excluding carboxylic acids is 1. The van der Waals surface area contributed by atoms with Gasteiger partial charge in [0.05, 0.1) is 5.56 Å². The maximum Gasteiger partial charge on any atom is 0.257 e. The van der Waals surface area contributed by atoms with E-state index in [4.69, 9.17) is 5.73 Å². The Morgan fingerprint density at radius 1 is 1.50 bits per heavy atom. The number of nitrogens with two attached hydrogens (primary N) is 1. The SMILES string of the molecule is CC1CC(=O)Nc2nc(N)[nH]c(=O)c21. The average Bonchev–Trinajstić information content (AvgIpc) is 1.99. The zero-order chi connectivity index (χ0) is 10.3. The lowest BCUT2D eigenvalue weighted by molar-refractivity contribution is -0.116. The molecular formula is C8H10N4O2. The molecule has 0 fully saturated rings. The first-order valence-corrected chi connectivity index (χ1v) is 4.27. The van der Waals surface area contributed by atoms with Gasteiger partial charge in [-0.15, -0.1) is 0 Å². The van der Waals surface area contributed by atoms with Crippen molar-refractivity contribution < 1.29 is 4.79 Å². The molecule has 1 amide bonds. The molecule has 2 rings (SSSR count).